The highest BCUT2D eigenvalue weighted by atomic mass is 16.5. The largest absolute Gasteiger partial charge is 0.465 e. The van der Waals surface area contributed by atoms with Crippen molar-refractivity contribution in [3.05, 3.63) is 0 Å². The molecule has 0 aromatic rings. The van der Waals surface area contributed by atoms with Crippen LogP contribution in [0.1, 0.15) is 45.4 Å². The van der Waals surface area contributed by atoms with E-state index in [9.17, 15) is 4.79 Å². The number of carbonyl (C=O) groups is 1. The monoisotopic (exact) mass is 182 g/mol. The molecule has 0 unspecified atom stereocenters. The number of hydrogen-bond donors (Lipinski definition) is 0. The highest BCUT2D eigenvalue weighted by molar-refractivity contribution is 5.79. The average molecular weight is 182 g/mol. The SMILES string of the molecule is CCCC1(C(=O)OCC2CC2)CC1. The molecule has 2 heteroatoms. The Kier molecular flexibility index (Phi) is 2.31. The topological polar surface area (TPSA) is 26.3 Å². The third-order valence-corrected chi connectivity index (χ3v) is 3.16. The van der Waals surface area contributed by atoms with Gasteiger partial charge >= 0.3 is 5.97 Å². The third-order valence-electron chi connectivity index (χ3n) is 3.16. The fourth-order valence-electron chi connectivity index (χ4n) is 1.82. The fraction of sp³-hybridized carbons (Fsp3) is 0.909. The van der Waals surface area contributed by atoms with Crippen LogP contribution in [-0.2, 0) is 9.53 Å². The molecule has 0 amide bonds. The van der Waals surface area contributed by atoms with Crippen LogP contribution in [-0.4, -0.2) is 12.6 Å². The number of rotatable bonds is 5. The van der Waals surface area contributed by atoms with Gasteiger partial charge in [0.25, 0.3) is 0 Å². The zero-order chi connectivity index (χ0) is 9.31. The van der Waals surface area contributed by atoms with Crippen LogP contribution in [0.2, 0.25) is 0 Å². The zero-order valence-electron chi connectivity index (χ0n) is 8.34. The molecule has 0 aromatic carbocycles. The summed E-state index contributed by atoms with van der Waals surface area (Å²) in [4.78, 5) is 11.6. The molecule has 2 nitrogen and oxygen atoms in total. The average Bonchev–Trinajstić information content (AvgIpc) is 2.96. The molecule has 2 rings (SSSR count). The van der Waals surface area contributed by atoms with Crippen LogP contribution in [0.4, 0.5) is 0 Å². The summed E-state index contributed by atoms with van der Waals surface area (Å²) >= 11 is 0. The first-order chi connectivity index (χ1) is 6.27. The molecule has 2 aliphatic rings. The highest BCUT2D eigenvalue weighted by Crippen LogP contribution is 2.50. The number of carbonyl (C=O) groups excluding carboxylic acids is 1. The molecule has 74 valence electrons. The minimum atomic E-state index is -0.0381. The van der Waals surface area contributed by atoms with Gasteiger partial charge in [0.05, 0.1) is 12.0 Å². The molecule has 0 atom stereocenters. The molecule has 13 heavy (non-hydrogen) atoms. The Morgan fingerprint density at radius 3 is 2.62 bits per heavy atom. The van der Waals surface area contributed by atoms with Crippen molar-refractivity contribution >= 4 is 5.97 Å². The van der Waals surface area contributed by atoms with Crippen molar-refractivity contribution in [2.24, 2.45) is 11.3 Å². The molecule has 2 saturated carbocycles. The van der Waals surface area contributed by atoms with E-state index in [4.69, 9.17) is 4.74 Å². The Bertz CT molecular complexity index is 202. The van der Waals surface area contributed by atoms with Crippen molar-refractivity contribution in [2.75, 3.05) is 6.61 Å². The predicted molar refractivity (Wildman–Crippen MR) is 50.3 cm³/mol. The molecule has 0 bridgehead atoms. The molecule has 0 radical (unpaired) electrons. The van der Waals surface area contributed by atoms with Gasteiger partial charge in [-0.3, -0.25) is 4.79 Å². The Hall–Kier alpha value is -0.530. The zero-order valence-corrected chi connectivity index (χ0v) is 8.34. The quantitative estimate of drug-likeness (QED) is 0.611. The molecule has 2 aliphatic carbocycles. The van der Waals surface area contributed by atoms with Gasteiger partial charge in [0.2, 0.25) is 0 Å². The van der Waals surface area contributed by atoms with Crippen LogP contribution in [0.5, 0.6) is 0 Å². The normalized spacial score (nSPS) is 24.1. The van der Waals surface area contributed by atoms with Gasteiger partial charge in [0.1, 0.15) is 0 Å². The summed E-state index contributed by atoms with van der Waals surface area (Å²) in [6.45, 7) is 2.82. The summed E-state index contributed by atoms with van der Waals surface area (Å²) < 4.78 is 5.31. The van der Waals surface area contributed by atoms with Crippen LogP contribution < -0.4 is 0 Å². The lowest BCUT2D eigenvalue weighted by molar-refractivity contribution is -0.151. The first-order valence-corrected chi connectivity index (χ1v) is 5.44. The lowest BCUT2D eigenvalue weighted by atomic mass is 10.0. The van der Waals surface area contributed by atoms with Crippen molar-refractivity contribution in [1.29, 1.82) is 0 Å². The predicted octanol–water partition coefficient (Wildman–Crippen LogP) is 2.52. The van der Waals surface area contributed by atoms with Crippen molar-refractivity contribution < 1.29 is 9.53 Å². The van der Waals surface area contributed by atoms with E-state index in [0.29, 0.717) is 12.5 Å². The highest BCUT2D eigenvalue weighted by Gasteiger charge is 2.50. The Balaban J connectivity index is 1.74. The van der Waals surface area contributed by atoms with Gasteiger partial charge < -0.3 is 4.74 Å². The molecular formula is C11H18O2. The first kappa shape index (κ1) is 9.04. The molecule has 0 saturated heterocycles. The van der Waals surface area contributed by atoms with Crippen LogP contribution in [0.3, 0.4) is 0 Å². The smallest absolute Gasteiger partial charge is 0.312 e. The van der Waals surface area contributed by atoms with Gasteiger partial charge in [-0.1, -0.05) is 13.3 Å². The lowest BCUT2D eigenvalue weighted by Gasteiger charge is -2.12. The lowest BCUT2D eigenvalue weighted by Crippen LogP contribution is -2.19. The van der Waals surface area contributed by atoms with E-state index in [1.54, 1.807) is 0 Å². The Morgan fingerprint density at radius 1 is 1.46 bits per heavy atom. The molecule has 2 fully saturated rings. The summed E-state index contributed by atoms with van der Waals surface area (Å²) in [6, 6.07) is 0. The van der Waals surface area contributed by atoms with Gasteiger partial charge in [0, 0.05) is 0 Å². The van der Waals surface area contributed by atoms with Crippen molar-refractivity contribution in [1.82, 2.24) is 0 Å². The second-order valence-corrected chi connectivity index (χ2v) is 4.57. The van der Waals surface area contributed by atoms with E-state index in [0.717, 1.165) is 25.7 Å². The standard InChI is InChI=1S/C11H18O2/c1-2-5-11(6-7-11)10(12)13-8-9-3-4-9/h9H,2-8H2,1H3. The third kappa shape index (κ3) is 2.04. The number of esters is 1. The van der Waals surface area contributed by atoms with Gasteiger partial charge in [-0.15, -0.1) is 0 Å². The minimum absolute atomic E-state index is 0.0381. The maximum absolute atomic E-state index is 11.6. The van der Waals surface area contributed by atoms with Gasteiger partial charge in [0.15, 0.2) is 0 Å². The van der Waals surface area contributed by atoms with Crippen LogP contribution in [0.15, 0.2) is 0 Å². The van der Waals surface area contributed by atoms with E-state index >= 15 is 0 Å². The van der Waals surface area contributed by atoms with E-state index in [2.05, 4.69) is 6.92 Å². The van der Waals surface area contributed by atoms with Gasteiger partial charge in [-0.25, -0.2) is 0 Å². The summed E-state index contributed by atoms with van der Waals surface area (Å²) in [5, 5.41) is 0. The summed E-state index contributed by atoms with van der Waals surface area (Å²) in [5.74, 6) is 0.780. The molecule has 0 spiro atoms. The number of ether oxygens (including phenoxy) is 1. The molecule has 0 aliphatic heterocycles. The summed E-state index contributed by atoms with van der Waals surface area (Å²) in [6.07, 6.45) is 6.76. The maximum Gasteiger partial charge on any atom is 0.312 e. The van der Waals surface area contributed by atoms with E-state index in [-0.39, 0.29) is 11.4 Å². The fourth-order valence-corrected chi connectivity index (χ4v) is 1.82. The molecular weight excluding hydrogens is 164 g/mol. The van der Waals surface area contributed by atoms with Crippen molar-refractivity contribution in [3.63, 3.8) is 0 Å². The van der Waals surface area contributed by atoms with Crippen molar-refractivity contribution in [2.45, 2.75) is 45.4 Å². The van der Waals surface area contributed by atoms with E-state index in [1.165, 1.54) is 12.8 Å². The minimum Gasteiger partial charge on any atom is -0.465 e. The molecule has 0 heterocycles. The Morgan fingerprint density at radius 2 is 2.15 bits per heavy atom. The Labute approximate surface area is 79.7 Å². The second kappa shape index (κ2) is 3.32. The second-order valence-electron chi connectivity index (χ2n) is 4.57. The van der Waals surface area contributed by atoms with Gasteiger partial charge in [-0.05, 0) is 38.0 Å². The van der Waals surface area contributed by atoms with E-state index < -0.39 is 0 Å². The molecule has 0 N–H and O–H groups in total. The van der Waals surface area contributed by atoms with Crippen LogP contribution in [0, 0.1) is 11.3 Å². The van der Waals surface area contributed by atoms with Crippen molar-refractivity contribution in [3.8, 4) is 0 Å². The summed E-state index contributed by atoms with van der Waals surface area (Å²) in [7, 11) is 0. The number of hydrogen-bond acceptors (Lipinski definition) is 2. The van der Waals surface area contributed by atoms with E-state index in [1.807, 2.05) is 0 Å². The maximum atomic E-state index is 11.6. The van der Waals surface area contributed by atoms with Crippen LogP contribution >= 0.6 is 0 Å². The first-order valence-electron chi connectivity index (χ1n) is 5.44. The van der Waals surface area contributed by atoms with Crippen LogP contribution in [0.25, 0.3) is 0 Å². The summed E-state index contributed by atoms with van der Waals surface area (Å²) in [5.41, 5.74) is -0.0381. The molecule has 0 aromatic heterocycles. The van der Waals surface area contributed by atoms with Gasteiger partial charge in [-0.2, -0.15) is 0 Å².